The van der Waals surface area contributed by atoms with Gasteiger partial charge < -0.3 is 0 Å². The molecule has 0 aliphatic heterocycles. The predicted molar refractivity (Wildman–Crippen MR) is 124 cm³/mol. The van der Waals surface area contributed by atoms with Crippen LogP contribution in [-0.2, 0) is 12.2 Å². The van der Waals surface area contributed by atoms with Gasteiger partial charge in [-0.05, 0) is 36.5 Å². The molecule has 3 rings (SSSR count). The minimum absolute atomic E-state index is 0.700. The molecule has 0 amide bonds. The maximum Gasteiger partial charge on any atom is 0.189 e. The summed E-state index contributed by atoms with van der Waals surface area (Å²) >= 11 is 1.62. The van der Waals surface area contributed by atoms with Crippen molar-refractivity contribution in [1.29, 1.82) is 0 Å². The molecule has 4 nitrogen and oxygen atoms in total. The summed E-state index contributed by atoms with van der Waals surface area (Å²) in [6, 6.07) is 20.9. The summed E-state index contributed by atoms with van der Waals surface area (Å²) in [5, 5.41) is 5.24. The molecule has 1 heterocycles. The summed E-state index contributed by atoms with van der Waals surface area (Å²) in [4.78, 5) is 8.89. The van der Waals surface area contributed by atoms with Crippen LogP contribution in [0.2, 0.25) is 0 Å². The van der Waals surface area contributed by atoms with Gasteiger partial charge in [-0.3, -0.25) is 5.43 Å². The maximum absolute atomic E-state index is 4.54. The smallest absolute Gasteiger partial charge is 0.189 e. The Morgan fingerprint density at radius 1 is 0.966 bits per heavy atom. The van der Waals surface area contributed by atoms with Crippen molar-refractivity contribution >= 4 is 23.3 Å². The fraction of sp³-hybridized carbons (Fsp3) is 0.292. The van der Waals surface area contributed by atoms with E-state index in [-0.39, 0.29) is 0 Å². The number of thioether (sulfide) groups is 1. The molecule has 1 N–H and O–H groups in total. The predicted octanol–water partition coefficient (Wildman–Crippen LogP) is 6.34. The number of hydrogen-bond donors (Lipinski definition) is 1. The molecule has 0 spiro atoms. The number of rotatable bonds is 10. The van der Waals surface area contributed by atoms with Crippen molar-refractivity contribution < 1.29 is 0 Å². The molecule has 0 aliphatic carbocycles. The highest BCUT2D eigenvalue weighted by Gasteiger charge is 2.02. The summed E-state index contributed by atoms with van der Waals surface area (Å²) in [6.45, 7) is 4.24. The Morgan fingerprint density at radius 2 is 1.76 bits per heavy atom. The lowest BCUT2D eigenvalue weighted by Crippen LogP contribution is -2.02. The Hall–Kier alpha value is -2.66. The normalized spacial score (nSPS) is 11.4. The third-order valence-corrected chi connectivity index (χ3v) is 5.56. The van der Waals surface area contributed by atoms with E-state index in [1.165, 1.54) is 30.4 Å². The highest BCUT2D eigenvalue weighted by Crippen LogP contribution is 2.20. The van der Waals surface area contributed by atoms with E-state index in [1.807, 2.05) is 31.2 Å². The van der Waals surface area contributed by atoms with Crippen molar-refractivity contribution in [3.05, 3.63) is 83.6 Å². The molecular formula is C24H28N4S. The van der Waals surface area contributed by atoms with Gasteiger partial charge in [-0.15, -0.1) is 0 Å². The number of hydrogen-bond acceptors (Lipinski definition) is 5. The number of unbranched alkanes of at least 4 members (excludes halogenated alkanes) is 2. The van der Waals surface area contributed by atoms with Crippen LogP contribution in [0.25, 0.3) is 0 Å². The standard InChI is InChI=1S/C24H28N4S/c1-3-4-6-9-20-12-14-22(15-13-20)19(2)27-28-23-16-17-25-24(26-23)29-18-21-10-7-5-8-11-21/h5,7-8,10-17H,3-4,6,9,18H2,1-2H3,(H,25,26,28). The molecule has 0 radical (unpaired) electrons. The number of aromatic nitrogens is 2. The van der Waals surface area contributed by atoms with Crippen LogP contribution in [0.15, 0.2) is 77.1 Å². The average molecular weight is 405 g/mol. The molecule has 0 saturated heterocycles. The van der Waals surface area contributed by atoms with Gasteiger partial charge in [-0.1, -0.05) is 86.1 Å². The second-order valence-electron chi connectivity index (χ2n) is 6.96. The second kappa shape index (κ2) is 11.4. The number of anilines is 1. The lowest BCUT2D eigenvalue weighted by molar-refractivity contribution is 0.717. The van der Waals surface area contributed by atoms with Crippen LogP contribution in [0.1, 0.15) is 49.8 Å². The molecule has 3 aromatic rings. The first-order valence-corrected chi connectivity index (χ1v) is 11.1. The van der Waals surface area contributed by atoms with E-state index >= 15 is 0 Å². The van der Waals surface area contributed by atoms with Gasteiger partial charge in [0.15, 0.2) is 11.0 Å². The number of aryl methyl sites for hydroxylation is 1. The van der Waals surface area contributed by atoms with E-state index in [4.69, 9.17) is 0 Å². The summed E-state index contributed by atoms with van der Waals surface area (Å²) in [5.41, 5.74) is 7.75. The Kier molecular flexibility index (Phi) is 8.25. The molecule has 0 fully saturated rings. The summed E-state index contributed by atoms with van der Waals surface area (Å²) in [6.07, 6.45) is 6.70. The number of nitrogens with one attached hydrogen (secondary N) is 1. The Bertz CT molecular complexity index is 908. The zero-order chi connectivity index (χ0) is 20.3. The van der Waals surface area contributed by atoms with Gasteiger partial charge in [0.25, 0.3) is 0 Å². The largest absolute Gasteiger partial charge is 0.261 e. The first kappa shape index (κ1) is 21.1. The van der Waals surface area contributed by atoms with Crippen molar-refractivity contribution in [3.8, 4) is 0 Å². The lowest BCUT2D eigenvalue weighted by atomic mass is 10.0. The van der Waals surface area contributed by atoms with Crippen molar-refractivity contribution in [2.45, 2.75) is 50.4 Å². The van der Waals surface area contributed by atoms with Crippen LogP contribution >= 0.6 is 11.8 Å². The highest BCUT2D eigenvalue weighted by atomic mass is 32.2. The van der Waals surface area contributed by atoms with E-state index in [0.717, 1.165) is 28.6 Å². The van der Waals surface area contributed by atoms with E-state index in [1.54, 1.807) is 18.0 Å². The van der Waals surface area contributed by atoms with Crippen molar-refractivity contribution in [3.63, 3.8) is 0 Å². The van der Waals surface area contributed by atoms with Gasteiger partial charge in [0.2, 0.25) is 0 Å². The van der Waals surface area contributed by atoms with Gasteiger partial charge in [-0.2, -0.15) is 5.10 Å². The third kappa shape index (κ3) is 7.02. The molecule has 0 bridgehead atoms. The number of hydrazone groups is 1. The van der Waals surface area contributed by atoms with Crippen molar-refractivity contribution in [2.24, 2.45) is 5.10 Å². The van der Waals surface area contributed by atoms with E-state index < -0.39 is 0 Å². The summed E-state index contributed by atoms with van der Waals surface area (Å²) in [7, 11) is 0. The minimum atomic E-state index is 0.700. The second-order valence-corrected chi connectivity index (χ2v) is 7.90. The molecule has 0 aliphatic rings. The zero-order valence-corrected chi connectivity index (χ0v) is 18.0. The summed E-state index contributed by atoms with van der Waals surface area (Å²) < 4.78 is 0. The van der Waals surface area contributed by atoms with Crippen LogP contribution in [0.3, 0.4) is 0 Å². The van der Waals surface area contributed by atoms with Gasteiger partial charge in [-0.25, -0.2) is 9.97 Å². The van der Waals surface area contributed by atoms with E-state index in [9.17, 15) is 0 Å². The molecular weight excluding hydrogens is 376 g/mol. The van der Waals surface area contributed by atoms with Crippen LogP contribution in [0.4, 0.5) is 5.82 Å². The Balaban J connectivity index is 1.56. The first-order valence-electron chi connectivity index (χ1n) is 10.1. The lowest BCUT2D eigenvalue weighted by Gasteiger charge is -2.06. The first-order chi connectivity index (χ1) is 14.2. The third-order valence-electron chi connectivity index (χ3n) is 4.62. The van der Waals surface area contributed by atoms with Gasteiger partial charge in [0, 0.05) is 18.0 Å². The SMILES string of the molecule is CCCCCc1ccc(C(C)=NNc2ccnc(SCc3ccccc3)n2)cc1. The van der Waals surface area contributed by atoms with Crippen LogP contribution in [0.5, 0.6) is 0 Å². The quantitative estimate of drug-likeness (QED) is 0.141. The molecule has 29 heavy (non-hydrogen) atoms. The molecule has 5 heteroatoms. The molecule has 150 valence electrons. The highest BCUT2D eigenvalue weighted by molar-refractivity contribution is 7.98. The fourth-order valence-electron chi connectivity index (χ4n) is 2.89. The Morgan fingerprint density at radius 3 is 2.52 bits per heavy atom. The van der Waals surface area contributed by atoms with Crippen LogP contribution < -0.4 is 5.43 Å². The van der Waals surface area contributed by atoms with Gasteiger partial charge >= 0.3 is 0 Å². The van der Waals surface area contributed by atoms with Crippen LogP contribution in [-0.4, -0.2) is 15.7 Å². The van der Waals surface area contributed by atoms with Crippen molar-refractivity contribution in [2.75, 3.05) is 5.43 Å². The molecule has 1 aromatic heterocycles. The number of benzene rings is 2. The summed E-state index contributed by atoms with van der Waals surface area (Å²) in [5.74, 6) is 1.54. The Labute approximate surface area is 177 Å². The van der Waals surface area contributed by atoms with E-state index in [2.05, 4.69) is 63.8 Å². The average Bonchev–Trinajstić information content (AvgIpc) is 2.78. The molecule has 2 aromatic carbocycles. The fourth-order valence-corrected chi connectivity index (χ4v) is 3.68. The monoisotopic (exact) mass is 404 g/mol. The molecule has 0 saturated carbocycles. The zero-order valence-electron chi connectivity index (χ0n) is 17.1. The molecule has 0 unspecified atom stereocenters. The minimum Gasteiger partial charge on any atom is -0.261 e. The van der Waals surface area contributed by atoms with E-state index in [0.29, 0.717) is 5.82 Å². The van der Waals surface area contributed by atoms with Gasteiger partial charge in [0.1, 0.15) is 0 Å². The maximum atomic E-state index is 4.54. The van der Waals surface area contributed by atoms with Crippen LogP contribution in [0, 0.1) is 0 Å². The molecule has 0 atom stereocenters. The van der Waals surface area contributed by atoms with Crippen molar-refractivity contribution in [1.82, 2.24) is 9.97 Å². The topological polar surface area (TPSA) is 50.2 Å². The van der Waals surface area contributed by atoms with Gasteiger partial charge in [0.05, 0.1) is 5.71 Å². The number of nitrogens with zero attached hydrogens (tertiary/aromatic N) is 3.